The van der Waals surface area contributed by atoms with Crippen LogP contribution < -0.4 is 4.90 Å². The number of rotatable bonds is 6. The van der Waals surface area contributed by atoms with E-state index >= 15 is 0 Å². The maximum Gasteiger partial charge on any atom is 0.227 e. The summed E-state index contributed by atoms with van der Waals surface area (Å²) < 4.78 is 12.8. The van der Waals surface area contributed by atoms with Crippen molar-refractivity contribution in [1.82, 2.24) is 4.98 Å². The summed E-state index contributed by atoms with van der Waals surface area (Å²) in [6.07, 6.45) is 0. The third-order valence-electron chi connectivity index (χ3n) is 10.6. The van der Waals surface area contributed by atoms with Crippen molar-refractivity contribution >= 4 is 71.6 Å². The summed E-state index contributed by atoms with van der Waals surface area (Å²) in [5.41, 5.74) is 12.1. The third kappa shape index (κ3) is 5.26. The van der Waals surface area contributed by atoms with Crippen LogP contribution in [0.5, 0.6) is 0 Å². The molecule has 0 saturated heterocycles. The minimum Gasteiger partial charge on any atom is -0.456 e. The zero-order valence-corrected chi connectivity index (χ0v) is 29.7. The van der Waals surface area contributed by atoms with Crippen LogP contribution in [-0.4, -0.2) is 4.98 Å². The maximum absolute atomic E-state index is 6.64. The monoisotopic (exact) mass is 704 g/mol. The SMILES string of the molecule is c1ccc(-c2nc3ccc4cc(-c5ccccc5)c5ccc(-c6cccc(N(c7ccccc7)c7ccc8oc9ccccc9c8c7)c6)cc5c4c3o2)cc1. The van der Waals surface area contributed by atoms with Gasteiger partial charge in [0.2, 0.25) is 5.89 Å². The molecule has 0 unspecified atom stereocenters. The first-order chi connectivity index (χ1) is 27.2. The molecule has 0 spiro atoms. The minimum absolute atomic E-state index is 0.620. The number of furan rings is 1. The van der Waals surface area contributed by atoms with Crippen LogP contribution in [0.1, 0.15) is 0 Å². The number of benzene rings is 9. The molecule has 55 heavy (non-hydrogen) atoms. The van der Waals surface area contributed by atoms with Crippen LogP contribution in [0, 0.1) is 0 Å². The largest absolute Gasteiger partial charge is 0.456 e. The summed E-state index contributed by atoms with van der Waals surface area (Å²) in [7, 11) is 0. The van der Waals surface area contributed by atoms with Crippen LogP contribution in [0.25, 0.3) is 88.3 Å². The first kappa shape index (κ1) is 31.1. The highest BCUT2D eigenvalue weighted by molar-refractivity contribution is 6.22. The number of nitrogens with zero attached hydrogens (tertiary/aromatic N) is 2. The van der Waals surface area contributed by atoms with Crippen molar-refractivity contribution in [3.8, 4) is 33.7 Å². The first-order valence-electron chi connectivity index (χ1n) is 18.5. The molecule has 258 valence electrons. The van der Waals surface area contributed by atoms with Crippen LogP contribution in [-0.2, 0) is 0 Å². The Hall–Kier alpha value is -7.43. The van der Waals surface area contributed by atoms with Gasteiger partial charge in [-0.15, -0.1) is 0 Å². The summed E-state index contributed by atoms with van der Waals surface area (Å²) in [5, 5.41) is 6.66. The Balaban J connectivity index is 1.11. The van der Waals surface area contributed by atoms with Crippen LogP contribution in [0.2, 0.25) is 0 Å². The average Bonchev–Trinajstić information content (AvgIpc) is 3.86. The fourth-order valence-corrected chi connectivity index (χ4v) is 8.07. The standard InChI is InChI=1S/C51H32N2O2/c1-4-13-33(14-5-1)43-31-37-24-27-46-50(55-51(52-46)34-15-6-2-7-16-34)49(37)45-30-36(23-26-41(43)45)35-17-12-20-39(29-35)53(38-18-8-3-9-19-38)40-25-28-48-44(32-40)42-21-10-11-22-47(42)54-48/h1-32H. The van der Waals surface area contributed by atoms with E-state index in [0.717, 1.165) is 88.3 Å². The van der Waals surface area contributed by atoms with Gasteiger partial charge in [0.05, 0.1) is 0 Å². The highest BCUT2D eigenvalue weighted by Crippen LogP contribution is 2.43. The van der Waals surface area contributed by atoms with E-state index in [-0.39, 0.29) is 0 Å². The van der Waals surface area contributed by atoms with Crippen molar-refractivity contribution in [3.63, 3.8) is 0 Å². The van der Waals surface area contributed by atoms with Gasteiger partial charge in [-0.25, -0.2) is 4.98 Å². The normalized spacial score (nSPS) is 11.6. The van der Waals surface area contributed by atoms with Gasteiger partial charge < -0.3 is 13.7 Å². The zero-order chi connectivity index (χ0) is 36.3. The second kappa shape index (κ2) is 12.6. The first-order valence-corrected chi connectivity index (χ1v) is 18.5. The van der Waals surface area contributed by atoms with E-state index < -0.39 is 0 Å². The Kier molecular flexibility index (Phi) is 7.14. The molecule has 11 aromatic rings. The van der Waals surface area contributed by atoms with Gasteiger partial charge in [0.1, 0.15) is 16.7 Å². The highest BCUT2D eigenvalue weighted by Gasteiger charge is 2.19. The Morgan fingerprint density at radius 1 is 0.382 bits per heavy atom. The van der Waals surface area contributed by atoms with E-state index in [0.29, 0.717) is 5.89 Å². The molecular weight excluding hydrogens is 673 g/mol. The number of fused-ring (bicyclic) bond motifs is 8. The predicted octanol–water partition coefficient (Wildman–Crippen LogP) is 14.5. The highest BCUT2D eigenvalue weighted by atomic mass is 16.3. The number of anilines is 3. The van der Waals surface area contributed by atoms with E-state index in [4.69, 9.17) is 13.8 Å². The Morgan fingerprint density at radius 2 is 1.05 bits per heavy atom. The lowest BCUT2D eigenvalue weighted by atomic mass is 9.90. The molecule has 2 aromatic heterocycles. The van der Waals surface area contributed by atoms with Gasteiger partial charge in [0.15, 0.2) is 5.58 Å². The molecule has 0 amide bonds. The topological polar surface area (TPSA) is 42.4 Å². The van der Waals surface area contributed by atoms with Gasteiger partial charge in [-0.2, -0.15) is 0 Å². The van der Waals surface area contributed by atoms with Gasteiger partial charge in [-0.1, -0.05) is 115 Å². The van der Waals surface area contributed by atoms with Gasteiger partial charge in [0.25, 0.3) is 0 Å². The molecule has 0 aliphatic rings. The Morgan fingerprint density at radius 3 is 1.89 bits per heavy atom. The summed E-state index contributed by atoms with van der Waals surface area (Å²) in [6, 6.07) is 68.2. The summed E-state index contributed by atoms with van der Waals surface area (Å²) >= 11 is 0. The molecule has 0 bridgehead atoms. The Labute approximate surface area is 317 Å². The third-order valence-corrected chi connectivity index (χ3v) is 10.6. The molecule has 4 heteroatoms. The number of para-hydroxylation sites is 2. The van der Waals surface area contributed by atoms with Gasteiger partial charge in [-0.05, 0) is 117 Å². The minimum atomic E-state index is 0.620. The second-order valence-electron chi connectivity index (χ2n) is 13.9. The van der Waals surface area contributed by atoms with Crippen molar-refractivity contribution in [3.05, 3.63) is 194 Å². The number of hydrogen-bond acceptors (Lipinski definition) is 4. The van der Waals surface area contributed by atoms with Crippen molar-refractivity contribution in [2.24, 2.45) is 0 Å². The molecule has 11 rings (SSSR count). The van der Waals surface area contributed by atoms with E-state index in [1.165, 1.54) is 11.1 Å². The molecule has 0 atom stereocenters. The van der Waals surface area contributed by atoms with Crippen LogP contribution in [0.4, 0.5) is 17.1 Å². The van der Waals surface area contributed by atoms with E-state index in [1.54, 1.807) is 0 Å². The smallest absolute Gasteiger partial charge is 0.227 e. The van der Waals surface area contributed by atoms with Crippen molar-refractivity contribution in [2.45, 2.75) is 0 Å². The zero-order valence-electron chi connectivity index (χ0n) is 29.7. The molecule has 9 aromatic carbocycles. The average molecular weight is 705 g/mol. The molecule has 0 saturated carbocycles. The fraction of sp³-hybridized carbons (Fsp3) is 0. The lowest BCUT2D eigenvalue weighted by Crippen LogP contribution is -2.09. The van der Waals surface area contributed by atoms with Crippen molar-refractivity contribution in [1.29, 1.82) is 0 Å². The van der Waals surface area contributed by atoms with Crippen LogP contribution in [0.3, 0.4) is 0 Å². The molecule has 0 aliphatic heterocycles. The predicted molar refractivity (Wildman–Crippen MR) is 227 cm³/mol. The molecule has 0 fully saturated rings. The fourth-order valence-electron chi connectivity index (χ4n) is 8.07. The van der Waals surface area contributed by atoms with Gasteiger partial charge in [-0.3, -0.25) is 0 Å². The lowest BCUT2D eigenvalue weighted by Gasteiger charge is -2.26. The molecule has 0 aliphatic carbocycles. The molecule has 4 nitrogen and oxygen atoms in total. The number of hydrogen-bond donors (Lipinski definition) is 0. The quantitative estimate of drug-likeness (QED) is 0.162. The lowest BCUT2D eigenvalue weighted by molar-refractivity contribution is 0.623. The molecule has 0 radical (unpaired) electrons. The molecule has 2 heterocycles. The van der Waals surface area contributed by atoms with Crippen LogP contribution in [0.15, 0.2) is 203 Å². The van der Waals surface area contributed by atoms with E-state index in [1.807, 2.05) is 42.5 Å². The molecule has 0 N–H and O–H groups in total. The van der Waals surface area contributed by atoms with Gasteiger partial charge >= 0.3 is 0 Å². The summed E-state index contributed by atoms with van der Waals surface area (Å²) in [4.78, 5) is 7.26. The van der Waals surface area contributed by atoms with Crippen molar-refractivity contribution in [2.75, 3.05) is 4.90 Å². The van der Waals surface area contributed by atoms with E-state index in [9.17, 15) is 0 Å². The van der Waals surface area contributed by atoms with Gasteiger partial charge in [0, 0.05) is 38.8 Å². The summed E-state index contributed by atoms with van der Waals surface area (Å²) in [5.74, 6) is 0.620. The van der Waals surface area contributed by atoms with Crippen LogP contribution >= 0.6 is 0 Å². The summed E-state index contributed by atoms with van der Waals surface area (Å²) in [6.45, 7) is 0. The van der Waals surface area contributed by atoms with Crippen molar-refractivity contribution < 1.29 is 8.83 Å². The maximum atomic E-state index is 6.64. The number of aromatic nitrogens is 1. The second-order valence-corrected chi connectivity index (χ2v) is 13.9. The Bertz CT molecular complexity index is 3200. The van der Waals surface area contributed by atoms with E-state index in [2.05, 4.69) is 157 Å². The number of oxazole rings is 1. The molecular formula is C51H32N2O2.